The van der Waals surface area contributed by atoms with Gasteiger partial charge >= 0.3 is 0 Å². The summed E-state index contributed by atoms with van der Waals surface area (Å²) in [6.45, 7) is 18.4. The number of hydrogen-bond donors (Lipinski definition) is 1. The lowest BCUT2D eigenvalue weighted by molar-refractivity contribution is 0.209. The molecule has 1 atom stereocenters. The molecule has 102 valence electrons. The summed E-state index contributed by atoms with van der Waals surface area (Å²) in [6.07, 6.45) is 1.34. The van der Waals surface area contributed by atoms with Gasteiger partial charge in [0.25, 0.3) is 0 Å². The number of nitrogens with zero attached hydrogens (tertiary/aromatic N) is 2. The molecule has 0 bridgehead atoms. The molecule has 1 fully saturated rings. The van der Waals surface area contributed by atoms with E-state index in [4.69, 9.17) is 0 Å². The summed E-state index contributed by atoms with van der Waals surface area (Å²) in [7, 11) is 0. The largest absolute Gasteiger partial charge is 0.311 e. The van der Waals surface area contributed by atoms with Crippen molar-refractivity contribution in [1.29, 1.82) is 0 Å². The number of nitrogens with one attached hydrogen (secondary N) is 1. The molecule has 3 heteroatoms. The first-order valence-electron chi connectivity index (χ1n) is 7.17. The molecule has 0 spiro atoms. The van der Waals surface area contributed by atoms with Crippen molar-refractivity contribution in [2.75, 3.05) is 39.3 Å². The van der Waals surface area contributed by atoms with Crippen molar-refractivity contribution in [3.63, 3.8) is 0 Å². The molecule has 1 N–H and O–H groups in total. The van der Waals surface area contributed by atoms with Crippen LogP contribution < -0.4 is 5.32 Å². The van der Waals surface area contributed by atoms with Crippen molar-refractivity contribution >= 4 is 0 Å². The molecule has 0 aromatic carbocycles. The third-order valence-corrected chi connectivity index (χ3v) is 3.66. The highest BCUT2D eigenvalue weighted by Gasteiger charge is 2.25. The van der Waals surface area contributed by atoms with E-state index in [9.17, 15) is 0 Å². The van der Waals surface area contributed by atoms with E-state index in [-0.39, 0.29) is 5.54 Å². The SMILES string of the molecule is CCN(CC)C1CCN(CCNC(C)(C)C)C1. The summed E-state index contributed by atoms with van der Waals surface area (Å²) in [5.74, 6) is 0. The van der Waals surface area contributed by atoms with E-state index in [0.717, 1.165) is 12.6 Å². The summed E-state index contributed by atoms with van der Waals surface area (Å²) in [5, 5.41) is 3.57. The molecule has 1 unspecified atom stereocenters. The quantitative estimate of drug-likeness (QED) is 0.765. The van der Waals surface area contributed by atoms with Gasteiger partial charge in [0.05, 0.1) is 0 Å². The van der Waals surface area contributed by atoms with Gasteiger partial charge in [0, 0.05) is 31.2 Å². The second-order valence-electron chi connectivity index (χ2n) is 6.14. The Morgan fingerprint density at radius 2 is 1.88 bits per heavy atom. The first-order valence-corrected chi connectivity index (χ1v) is 7.17. The first-order chi connectivity index (χ1) is 7.96. The lowest BCUT2D eigenvalue weighted by Crippen LogP contribution is -2.42. The van der Waals surface area contributed by atoms with Gasteiger partial charge in [-0.05, 0) is 46.8 Å². The van der Waals surface area contributed by atoms with E-state index in [1.54, 1.807) is 0 Å². The fraction of sp³-hybridized carbons (Fsp3) is 1.00. The molecular weight excluding hydrogens is 210 g/mol. The van der Waals surface area contributed by atoms with Crippen LogP contribution in [0.5, 0.6) is 0 Å². The zero-order valence-electron chi connectivity index (χ0n) is 12.4. The molecule has 0 aromatic heterocycles. The Labute approximate surface area is 108 Å². The second kappa shape index (κ2) is 6.72. The predicted molar refractivity (Wildman–Crippen MR) is 75.5 cm³/mol. The number of hydrogen-bond acceptors (Lipinski definition) is 3. The highest BCUT2D eigenvalue weighted by atomic mass is 15.3. The van der Waals surface area contributed by atoms with Crippen LogP contribution in [0, 0.1) is 0 Å². The Bertz CT molecular complexity index is 206. The molecule has 1 heterocycles. The maximum atomic E-state index is 3.57. The Morgan fingerprint density at radius 1 is 1.24 bits per heavy atom. The number of rotatable bonds is 6. The summed E-state index contributed by atoms with van der Waals surface area (Å²) in [5.41, 5.74) is 0.248. The van der Waals surface area contributed by atoms with Gasteiger partial charge in [-0.2, -0.15) is 0 Å². The fourth-order valence-electron chi connectivity index (χ4n) is 2.64. The van der Waals surface area contributed by atoms with E-state index < -0.39 is 0 Å². The van der Waals surface area contributed by atoms with Gasteiger partial charge in [-0.1, -0.05) is 13.8 Å². The molecule has 0 radical (unpaired) electrons. The molecule has 17 heavy (non-hydrogen) atoms. The Morgan fingerprint density at radius 3 is 2.41 bits per heavy atom. The average molecular weight is 241 g/mol. The van der Waals surface area contributed by atoms with E-state index in [2.05, 4.69) is 49.7 Å². The molecule has 1 aliphatic rings. The van der Waals surface area contributed by atoms with Crippen molar-refractivity contribution in [3.8, 4) is 0 Å². The summed E-state index contributed by atoms with van der Waals surface area (Å²) in [6, 6.07) is 0.791. The van der Waals surface area contributed by atoms with Crippen LogP contribution in [0.1, 0.15) is 41.0 Å². The smallest absolute Gasteiger partial charge is 0.0235 e. The van der Waals surface area contributed by atoms with Crippen LogP contribution in [0.4, 0.5) is 0 Å². The van der Waals surface area contributed by atoms with Gasteiger partial charge in [0.2, 0.25) is 0 Å². The van der Waals surface area contributed by atoms with Gasteiger partial charge in [0.15, 0.2) is 0 Å². The predicted octanol–water partition coefficient (Wildman–Crippen LogP) is 1.79. The number of likely N-dealkylation sites (tertiary alicyclic amines) is 1. The van der Waals surface area contributed by atoms with Gasteiger partial charge < -0.3 is 10.2 Å². The third kappa shape index (κ3) is 5.36. The average Bonchev–Trinajstić information content (AvgIpc) is 2.67. The van der Waals surface area contributed by atoms with E-state index in [1.165, 1.54) is 39.1 Å². The molecule has 0 saturated carbocycles. The molecule has 3 nitrogen and oxygen atoms in total. The minimum Gasteiger partial charge on any atom is -0.311 e. The molecule has 0 aliphatic carbocycles. The highest BCUT2D eigenvalue weighted by Crippen LogP contribution is 2.14. The second-order valence-corrected chi connectivity index (χ2v) is 6.14. The van der Waals surface area contributed by atoms with Crippen LogP contribution >= 0.6 is 0 Å². The van der Waals surface area contributed by atoms with Crippen LogP contribution in [-0.4, -0.2) is 60.6 Å². The lowest BCUT2D eigenvalue weighted by atomic mass is 10.1. The summed E-state index contributed by atoms with van der Waals surface area (Å²) in [4.78, 5) is 5.19. The topological polar surface area (TPSA) is 18.5 Å². The summed E-state index contributed by atoms with van der Waals surface area (Å²) >= 11 is 0. The highest BCUT2D eigenvalue weighted by molar-refractivity contribution is 4.83. The van der Waals surface area contributed by atoms with Crippen molar-refractivity contribution in [3.05, 3.63) is 0 Å². The maximum Gasteiger partial charge on any atom is 0.0235 e. The molecule has 0 amide bonds. The molecular formula is C14H31N3. The first kappa shape index (κ1) is 14.9. The Balaban J connectivity index is 2.22. The van der Waals surface area contributed by atoms with E-state index in [0.29, 0.717) is 0 Å². The zero-order chi connectivity index (χ0) is 12.9. The standard InChI is InChI=1S/C14H31N3/c1-6-17(7-2)13-8-10-16(12-13)11-9-15-14(3,4)5/h13,15H,6-12H2,1-5H3. The van der Waals surface area contributed by atoms with Crippen molar-refractivity contribution in [2.24, 2.45) is 0 Å². The van der Waals surface area contributed by atoms with Gasteiger partial charge in [0.1, 0.15) is 0 Å². The normalized spacial score (nSPS) is 22.6. The van der Waals surface area contributed by atoms with Gasteiger partial charge in [-0.15, -0.1) is 0 Å². The van der Waals surface area contributed by atoms with Crippen molar-refractivity contribution in [1.82, 2.24) is 15.1 Å². The maximum absolute atomic E-state index is 3.57. The molecule has 1 saturated heterocycles. The van der Waals surface area contributed by atoms with E-state index in [1.807, 2.05) is 0 Å². The summed E-state index contributed by atoms with van der Waals surface area (Å²) < 4.78 is 0. The van der Waals surface area contributed by atoms with Crippen molar-refractivity contribution < 1.29 is 0 Å². The minimum atomic E-state index is 0.248. The van der Waals surface area contributed by atoms with Crippen molar-refractivity contribution in [2.45, 2.75) is 52.6 Å². The zero-order valence-corrected chi connectivity index (χ0v) is 12.4. The minimum absolute atomic E-state index is 0.248. The van der Waals surface area contributed by atoms with Crippen LogP contribution in [-0.2, 0) is 0 Å². The molecule has 0 aromatic rings. The van der Waals surface area contributed by atoms with Gasteiger partial charge in [-0.25, -0.2) is 0 Å². The van der Waals surface area contributed by atoms with Crippen LogP contribution in [0.3, 0.4) is 0 Å². The molecule has 1 rings (SSSR count). The Kier molecular flexibility index (Phi) is 5.90. The fourth-order valence-corrected chi connectivity index (χ4v) is 2.64. The lowest BCUT2D eigenvalue weighted by Gasteiger charge is -2.27. The van der Waals surface area contributed by atoms with Crippen LogP contribution in [0.15, 0.2) is 0 Å². The Hall–Kier alpha value is -0.120. The monoisotopic (exact) mass is 241 g/mol. The van der Waals surface area contributed by atoms with E-state index >= 15 is 0 Å². The van der Waals surface area contributed by atoms with Gasteiger partial charge in [-0.3, -0.25) is 4.90 Å². The third-order valence-electron chi connectivity index (χ3n) is 3.66. The molecule has 1 aliphatic heterocycles. The number of likely N-dealkylation sites (N-methyl/N-ethyl adjacent to an activating group) is 1. The van der Waals surface area contributed by atoms with Crippen LogP contribution in [0.25, 0.3) is 0 Å². The van der Waals surface area contributed by atoms with Crippen LogP contribution in [0.2, 0.25) is 0 Å².